The minimum absolute atomic E-state index is 0.109. The topological polar surface area (TPSA) is 49.3 Å². The lowest BCUT2D eigenvalue weighted by Gasteiger charge is -2.16. The standard InChI is InChI=1S/C15H22FNO2/c1-10(2)13(15(18)19)9-17-7-6-12-4-5-14(16)11(3)8-12/h4-5,8,10,13,17H,6-7,9H2,1-3H3,(H,18,19). The van der Waals surface area contributed by atoms with E-state index in [-0.39, 0.29) is 17.7 Å². The molecule has 0 amide bonds. The number of carbonyl (C=O) groups is 1. The number of rotatable bonds is 7. The SMILES string of the molecule is Cc1cc(CCNCC(C(=O)O)C(C)C)ccc1F. The van der Waals surface area contributed by atoms with Crippen molar-refractivity contribution in [3.8, 4) is 0 Å². The van der Waals surface area contributed by atoms with Crippen molar-refractivity contribution in [2.45, 2.75) is 27.2 Å². The van der Waals surface area contributed by atoms with Gasteiger partial charge in [-0.15, -0.1) is 0 Å². The highest BCUT2D eigenvalue weighted by molar-refractivity contribution is 5.70. The molecule has 0 saturated carbocycles. The molecule has 0 saturated heterocycles. The fraction of sp³-hybridized carbons (Fsp3) is 0.533. The third kappa shape index (κ3) is 4.99. The number of nitrogens with one attached hydrogen (secondary N) is 1. The van der Waals surface area contributed by atoms with Gasteiger partial charge < -0.3 is 10.4 Å². The van der Waals surface area contributed by atoms with E-state index in [0.717, 1.165) is 12.0 Å². The van der Waals surface area contributed by atoms with Crippen LogP contribution in [-0.2, 0) is 11.2 Å². The van der Waals surface area contributed by atoms with Crippen LogP contribution in [0.15, 0.2) is 18.2 Å². The normalized spacial score (nSPS) is 12.7. The molecule has 1 unspecified atom stereocenters. The quantitative estimate of drug-likeness (QED) is 0.747. The van der Waals surface area contributed by atoms with E-state index in [1.165, 1.54) is 6.07 Å². The van der Waals surface area contributed by atoms with Gasteiger partial charge >= 0.3 is 5.97 Å². The van der Waals surface area contributed by atoms with Crippen LogP contribution in [0, 0.1) is 24.6 Å². The second-order valence-electron chi connectivity index (χ2n) is 5.23. The van der Waals surface area contributed by atoms with E-state index >= 15 is 0 Å². The van der Waals surface area contributed by atoms with Crippen LogP contribution in [-0.4, -0.2) is 24.2 Å². The number of benzene rings is 1. The lowest BCUT2D eigenvalue weighted by molar-refractivity contribution is -0.143. The molecule has 3 nitrogen and oxygen atoms in total. The van der Waals surface area contributed by atoms with Crippen molar-refractivity contribution in [1.82, 2.24) is 5.32 Å². The van der Waals surface area contributed by atoms with Gasteiger partial charge in [-0.2, -0.15) is 0 Å². The molecule has 0 aromatic heterocycles. The molecule has 0 aliphatic rings. The van der Waals surface area contributed by atoms with Crippen molar-refractivity contribution < 1.29 is 14.3 Å². The Labute approximate surface area is 113 Å². The van der Waals surface area contributed by atoms with Crippen LogP contribution in [0.25, 0.3) is 0 Å². The highest BCUT2D eigenvalue weighted by atomic mass is 19.1. The molecule has 0 heterocycles. The zero-order chi connectivity index (χ0) is 14.4. The highest BCUT2D eigenvalue weighted by Crippen LogP contribution is 2.11. The van der Waals surface area contributed by atoms with Crippen LogP contribution in [0.5, 0.6) is 0 Å². The fourth-order valence-electron chi connectivity index (χ4n) is 1.96. The van der Waals surface area contributed by atoms with E-state index in [4.69, 9.17) is 5.11 Å². The van der Waals surface area contributed by atoms with Crippen molar-refractivity contribution in [1.29, 1.82) is 0 Å². The lowest BCUT2D eigenvalue weighted by Crippen LogP contribution is -2.33. The Morgan fingerprint density at radius 2 is 2.11 bits per heavy atom. The number of aliphatic carboxylic acids is 1. The maximum atomic E-state index is 13.1. The summed E-state index contributed by atoms with van der Waals surface area (Å²) in [6, 6.07) is 5.06. The van der Waals surface area contributed by atoms with Gasteiger partial charge in [-0.1, -0.05) is 26.0 Å². The van der Waals surface area contributed by atoms with Crippen molar-refractivity contribution in [2.24, 2.45) is 11.8 Å². The molecular formula is C15H22FNO2. The number of aryl methyl sites for hydroxylation is 1. The number of carboxylic acid groups (broad SMARTS) is 1. The van der Waals surface area contributed by atoms with Crippen molar-refractivity contribution >= 4 is 5.97 Å². The molecule has 4 heteroatoms. The summed E-state index contributed by atoms with van der Waals surface area (Å²) in [6.45, 7) is 6.72. The van der Waals surface area contributed by atoms with Gasteiger partial charge in [0.15, 0.2) is 0 Å². The van der Waals surface area contributed by atoms with Gasteiger partial charge in [-0.05, 0) is 43.0 Å². The molecule has 0 bridgehead atoms. The highest BCUT2D eigenvalue weighted by Gasteiger charge is 2.20. The van der Waals surface area contributed by atoms with Gasteiger partial charge in [0.05, 0.1) is 5.92 Å². The first-order valence-corrected chi connectivity index (χ1v) is 6.60. The van der Waals surface area contributed by atoms with Crippen LogP contribution in [0.4, 0.5) is 4.39 Å². The van der Waals surface area contributed by atoms with Gasteiger partial charge in [0.25, 0.3) is 0 Å². The first-order chi connectivity index (χ1) is 8.91. The van der Waals surface area contributed by atoms with E-state index in [0.29, 0.717) is 18.7 Å². The minimum atomic E-state index is -0.764. The summed E-state index contributed by atoms with van der Waals surface area (Å²) in [4.78, 5) is 11.0. The molecule has 1 atom stereocenters. The molecule has 0 spiro atoms. The Morgan fingerprint density at radius 1 is 1.42 bits per heavy atom. The lowest BCUT2D eigenvalue weighted by atomic mass is 9.96. The Bertz CT molecular complexity index is 432. The van der Waals surface area contributed by atoms with E-state index in [1.807, 2.05) is 19.9 Å². The summed E-state index contributed by atoms with van der Waals surface area (Å²) in [5.74, 6) is -1.21. The number of halogens is 1. The maximum Gasteiger partial charge on any atom is 0.308 e. The first kappa shape index (κ1) is 15.6. The summed E-state index contributed by atoms with van der Waals surface area (Å²) in [7, 11) is 0. The predicted octanol–water partition coefficient (Wildman–Crippen LogP) is 2.62. The predicted molar refractivity (Wildman–Crippen MR) is 73.7 cm³/mol. The van der Waals surface area contributed by atoms with Crippen LogP contribution in [0.1, 0.15) is 25.0 Å². The van der Waals surface area contributed by atoms with Gasteiger partial charge in [0.2, 0.25) is 0 Å². The maximum absolute atomic E-state index is 13.1. The smallest absolute Gasteiger partial charge is 0.308 e. The van der Waals surface area contributed by atoms with E-state index in [9.17, 15) is 9.18 Å². The number of hydrogen-bond acceptors (Lipinski definition) is 2. The average molecular weight is 267 g/mol. The summed E-state index contributed by atoms with van der Waals surface area (Å²) in [5, 5.41) is 12.2. The largest absolute Gasteiger partial charge is 0.481 e. The Kier molecular flexibility index (Phi) is 5.96. The monoisotopic (exact) mass is 267 g/mol. The van der Waals surface area contributed by atoms with Gasteiger partial charge in [0, 0.05) is 6.54 Å². The van der Waals surface area contributed by atoms with Gasteiger partial charge in [-0.3, -0.25) is 4.79 Å². The van der Waals surface area contributed by atoms with E-state index in [2.05, 4.69) is 5.32 Å². The molecule has 106 valence electrons. The first-order valence-electron chi connectivity index (χ1n) is 6.60. The average Bonchev–Trinajstić information content (AvgIpc) is 2.32. The second kappa shape index (κ2) is 7.24. The second-order valence-corrected chi connectivity index (χ2v) is 5.23. The Balaban J connectivity index is 2.38. The minimum Gasteiger partial charge on any atom is -0.481 e. The van der Waals surface area contributed by atoms with Crippen molar-refractivity contribution in [3.63, 3.8) is 0 Å². The van der Waals surface area contributed by atoms with Crippen LogP contribution in [0.2, 0.25) is 0 Å². The van der Waals surface area contributed by atoms with Crippen LogP contribution < -0.4 is 5.32 Å². The summed E-state index contributed by atoms with van der Waals surface area (Å²) >= 11 is 0. The molecule has 0 fully saturated rings. The number of hydrogen-bond donors (Lipinski definition) is 2. The molecule has 19 heavy (non-hydrogen) atoms. The summed E-state index contributed by atoms with van der Waals surface area (Å²) in [6.07, 6.45) is 0.769. The molecule has 2 N–H and O–H groups in total. The van der Waals surface area contributed by atoms with Gasteiger partial charge in [0.1, 0.15) is 5.82 Å². The molecular weight excluding hydrogens is 245 g/mol. The van der Waals surface area contributed by atoms with E-state index < -0.39 is 5.97 Å². The Hall–Kier alpha value is -1.42. The molecule has 1 aromatic carbocycles. The van der Waals surface area contributed by atoms with Crippen LogP contribution >= 0.6 is 0 Å². The van der Waals surface area contributed by atoms with Gasteiger partial charge in [-0.25, -0.2) is 4.39 Å². The zero-order valence-corrected chi connectivity index (χ0v) is 11.7. The third-order valence-electron chi connectivity index (χ3n) is 3.30. The summed E-state index contributed by atoms with van der Waals surface area (Å²) in [5.41, 5.74) is 1.70. The molecule has 0 aliphatic heterocycles. The fourth-order valence-corrected chi connectivity index (χ4v) is 1.96. The molecule has 1 rings (SSSR count). The van der Waals surface area contributed by atoms with Crippen LogP contribution in [0.3, 0.4) is 0 Å². The van der Waals surface area contributed by atoms with Crippen molar-refractivity contribution in [3.05, 3.63) is 35.1 Å². The third-order valence-corrected chi connectivity index (χ3v) is 3.30. The number of carboxylic acids is 1. The Morgan fingerprint density at radius 3 is 2.63 bits per heavy atom. The van der Waals surface area contributed by atoms with Crippen molar-refractivity contribution in [2.75, 3.05) is 13.1 Å². The van der Waals surface area contributed by atoms with E-state index in [1.54, 1.807) is 13.0 Å². The molecule has 1 aromatic rings. The molecule has 0 aliphatic carbocycles. The zero-order valence-electron chi connectivity index (χ0n) is 11.7. The summed E-state index contributed by atoms with van der Waals surface area (Å²) < 4.78 is 13.1. The molecule has 0 radical (unpaired) electrons.